The predicted octanol–water partition coefficient (Wildman–Crippen LogP) is 3.53. The summed E-state index contributed by atoms with van der Waals surface area (Å²) in [5, 5.41) is 3.05. The lowest BCUT2D eigenvalue weighted by Gasteiger charge is -2.41. The number of rotatable bonds is 4. The van der Waals surface area contributed by atoms with Crippen LogP contribution in [-0.2, 0) is 16.9 Å². The molecule has 1 amide bonds. The lowest BCUT2D eigenvalue weighted by Crippen LogP contribution is -2.62. The maximum absolute atomic E-state index is 13.7. The minimum Gasteiger partial charge on any atom is -0.305 e. The van der Waals surface area contributed by atoms with Crippen molar-refractivity contribution in [1.29, 1.82) is 0 Å². The Morgan fingerprint density at radius 3 is 2.07 bits per heavy atom. The van der Waals surface area contributed by atoms with Gasteiger partial charge in [-0.3, -0.25) is 14.9 Å². The van der Waals surface area contributed by atoms with E-state index in [1.54, 1.807) is 18.0 Å². The van der Waals surface area contributed by atoms with E-state index in [4.69, 9.17) is 0 Å². The number of fused-ring (bicyclic) bond motifs is 1. The van der Waals surface area contributed by atoms with Gasteiger partial charge in [0.15, 0.2) is 11.3 Å². The molecule has 0 radical (unpaired) electrons. The van der Waals surface area contributed by atoms with Crippen LogP contribution in [0, 0.1) is 0 Å². The van der Waals surface area contributed by atoms with Gasteiger partial charge in [0.2, 0.25) is 0 Å². The molecule has 0 spiro atoms. The fourth-order valence-electron chi connectivity index (χ4n) is 3.74. The first-order valence-electron chi connectivity index (χ1n) is 8.92. The molecule has 0 bridgehead atoms. The summed E-state index contributed by atoms with van der Waals surface area (Å²) in [7, 11) is 1.66. The number of likely N-dealkylation sites (N-methyl/N-ethyl adjacent to an activating group) is 1. The molecule has 4 rings (SSSR count). The number of carbonyl (C=O) groups is 2. The van der Waals surface area contributed by atoms with Gasteiger partial charge < -0.3 is 4.90 Å². The molecule has 0 saturated heterocycles. The molecule has 1 atom stereocenters. The molecule has 134 valence electrons. The van der Waals surface area contributed by atoms with Gasteiger partial charge in [0, 0.05) is 5.56 Å². The third kappa shape index (κ3) is 2.66. The standard InChI is InChI=1S/C23H20N2O2/c1-24-23(18-12-6-3-7-13-18)21(26)19-14-8-9-15-20(19)25(22(23)27)16-17-10-4-2-5-11-17/h2-15,24H,16H2,1H3. The molecule has 27 heavy (non-hydrogen) atoms. The highest BCUT2D eigenvalue weighted by Crippen LogP contribution is 2.39. The number of nitrogens with zero attached hydrogens (tertiary/aromatic N) is 1. The minimum atomic E-state index is -1.43. The molecule has 1 unspecified atom stereocenters. The Hall–Kier alpha value is -3.24. The van der Waals surface area contributed by atoms with Gasteiger partial charge in [-0.2, -0.15) is 0 Å². The monoisotopic (exact) mass is 356 g/mol. The molecule has 1 heterocycles. The average molecular weight is 356 g/mol. The molecule has 4 nitrogen and oxygen atoms in total. The van der Waals surface area contributed by atoms with Crippen LogP contribution in [0.25, 0.3) is 0 Å². The van der Waals surface area contributed by atoms with Gasteiger partial charge in [-0.25, -0.2) is 0 Å². The van der Waals surface area contributed by atoms with Crippen LogP contribution in [0.2, 0.25) is 0 Å². The van der Waals surface area contributed by atoms with Crippen molar-refractivity contribution in [2.75, 3.05) is 11.9 Å². The molecule has 1 aliphatic rings. The molecule has 3 aromatic rings. The summed E-state index contributed by atoms with van der Waals surface area (Å²) in [6.07, 6.45) is 0. The molecule has 4 heteroatoms. The second-order valence-electron chi connectivity index (χ2n) is 6.59. The Morgan fingerprint density at radius 2 is 1.41 bits per heavy atom. The zero-order valence-corrected chi connectivity index (χ0v) is 15.1. The molecule has 0 aliphatic carbocycles. The molecular formula is C23H20N2O2. The highest BCUT2D eigenvalue weighted by Gasteiger charge is 2.53. The number of hydrogen-bond donors (Lipinski definition) is 1. The molecule has 0 aromatic heterocycles. The summed E-state index contributed by atoms with van der Waals surface area (Å²) in [5.41, 5.74) is 1.43. The Balaban J connectivity index is 1.90. The zero-order chi connectivity index (χ0) is 18.9. The van der Waals surface area contributed by atoms with Crippen molar-refractivity contribution in [2.45, 2.75) is 12.1 Å². The van der Waals surface area contributed by atoms with Gasteiger partial charge in [-0.05, 0) is 30.3 Å². The third-order valence-corrected chi connectivity index (χ3v) is 5.11. The summed E-state index contributed by atoms with van der Waals surface area (Å²) >= 11 is 0. The first-order chi connectivity index (χ1) is 13.2. The average Bonchev–Trinajstić information content (AvgIpc) is 2.73. The van der Waals surface area contributed by atoms with Crippen molar-refractivity contribution in [1.82, 2.24) is 5.32 Å². The number of carbonyl (C=O) groups excluding carboxylic acids is 2. The normalized spacial score (nSPS) is 19.1. The maximum atomic E-state index is 13.7. The van der Waals surface area contributed by atoms with Crippen LogP contribution in [0.4, 0.5) is 5.69 Å². The Kier molecular flexibility index (Phi) is 4.34. The molecule has 0 saturated carbocycles. The summed E-state index contributed by atoms with van der Waals surface area (Å²) in [4.78, 5) is 28.9. The minimum absolute atomic E-state index is 0.221. The highest BCUT2D eigenvalue weighted by molar-refractivity contribution is 6.28. The van der Waals surface area contributed by atoms with Gasteiger partial charge in [0.1, 0.15) is 0 Å². The van der Waals surface area contributed by atoms with E-state index < -0.39 is 5.54 Å². The number of Topliss-reactive ketones (excluding diaryl/α,β-unsaturated/α-hetero) is 1. The smallest absolute Gasteiger partial charge is 0.260 e. The maximum Gasteiger partial charge on any atom is 0.260 e. The lowest BCUT2D eigenvalue weighted by atomic mass is 9.77. The number of para-hydroxylation sites is 1. The molecule has 1 aliphatic heterocycles. The van der Waals surface area contributed by atoms with Gasteiger partial charge in [-0.15, -0.1) is 0 Å². The molecule has 1 N–H and O–H groups in total. The third-order valence-electron chi connectivity index (χ3n) is 5.11. The van der Waals surface area contributed by atoms with E-state index >= 15 is 0 Å². The van der Waals surface area contributed by atoms with Crippen molar-refractivity contribution in [3.8, 4) is 0 Å². The quantitative estimate of drug-likeness (QED) is 0.728. The van der Waals surface area contributed by atoms with Crippen molar-refractivity contribution in [3.63, 3.8) is 0 Å². The van der Waals surface area contributed by atoms with Crippen LogP contribution in [0.3, 0.4) is 0 Å². The van der Waals surface area contributed by atoms with Crippen molar-refractivity contribution in [3.05, 3.63) is 102 Å². The van der Waals surface area contributed by atoms with Crippen LogP contribution in [0.5, 0.6) is 0 Å². The van der Waals surface area contributed by atoms with Gasteiger partial charge in [0.25, 0.3) is 5.91 Å². The first kappa shape index (κ1) is 17.2. The van der Waals surface area contributed by atoms with Crippen LogP contribution in [-0.4, -0.2) is 18.7 Å². The number of hydrogen-bond acceptors (Lipinski definition) is 3. The van der Waals surface area contributed by atoms with E-state index in [-0.39, 0.29) is 11.7 Å². The summed E-state index contributed by atoms with van der Waals surface area (Å²) in [6.45, 7) is 0.403. The van der Waals surface area contributed by atoms with Crippen molar-refractivity contribution in [2.24, 2.45) is 0 Å². The Morgan fingerprint density at radius 1 is 0.815 bits per heavy atom. The van der Waals surface area contributed by atoms with E-state index in [0.29, 0.717) is 23.4 Å². The summed E-state index contributed by atoms with van der Waals surface area (Å²) in [6, 6.07) is 26.3. The van der Waals surface area contributed by atoms with E-state index in [0.717, 1.165) is 5.56 Å². The number of benzene rings is 3. The fourth-order valence-corrected chi connectivity index (χ4v) is 3.74. The van der Waals surface area contributed by atoms with Gasteiger partial charge >= 0.3 is 0 Å². The summed E-state index contributed by atoms with van der Waals surface area (Å²) in [5.74, 6) is -0.482. The van der Waals surface area contributed by atoms with Gasteiger partial charge in [0.05, 0.1) is 12.2 Å². The van der Waals surface area contributed by atoms with Crippen LogP contribution in [0.1, 0.15) is 21.5 Å². The SMILES string of the molecule is CNC1(c2ccccc2)C(=O)c2ccccc2N(Cc2ccccc2)C1=O. The first-order valence-corrected chi connectivity index (χ1v) is 8.92. The largest absolute Gasteiger partial charge is 0.305 e. The second kappa shape index (κ2) is 6.82. The van der Waals surface area contributed by atoms with Crippen LogP contribution in [0.15, 0.2) is 84.9 Å². The molecule has 0 fully saturated rings. The van der Waals surface area contributed by atoms with Crippen molar-refractivity contribution < 1.29 is 9.59 Å². The second-order valence-corrected chi connectivity index (χ2v) is 6.59. The van der Waals surface area contributed by atoms with E-state index in [9.17, 15) is 9.59 Å². The topological polar surface area (TPSA) is 49.4 Å². The number of amides is 1. The van der Waals surface area contributed by atoms with Crippen LogP contribution < -0.4 is 10.2 Å². The van der Waals surface area contributed by atoms with Crippen molar-refractivity contribution >= 4 is 17.4 Å². The zero-order valence-electron chi connectivity index (χ0n) is 15.1. The lowest BCUT2D eigenvalue weighted by molar-refractivity contribution is -0.123. The number of ketones is 1. The Labute approximate surface area is 158 Å². The van der Waals surface area contributed by atoms with E-state index in [1.807, 2.05) is 78.9 Å². The summed E-state index contributed by atoms with van der Waals surface area (Å²) < 4.78 is 0. The van der Waals surface area contributed by atoms with E-state index in [1.165, 1.54) is 0 Å². The highest BCUT2D eigenvalue weighted by atomic mass is 16.2. The van der Waals surface area contributed by atoms with Gasteiger partial charge in [-0.1, -0.05) is 72.8 Å². The molecule has 3 aromatic carbocycles. The number of nitrogens with one attached hydrogen (secondary N) is 1. The fraction of sp³-hybridized carbons (Fsp3) is 0.130. The van der Waals surface area contributed by atoms with Crippen LogP contribution >= 0.6 is 0 Å². The Bertz CT molecular complexity index is 986. The van der Waals surface area contributed by atoms with E-state index in [2.05, 4.69) is 5.32 Å². The number of anilines is 1. The predicted molar refractivity (Wildman–Crippen MR) is 106 cm³/mol. The molecular weight excluding hydrogens is 336 g/mol.